The van der Waals surface area contributed by atoms with E-state index in [-0.39, 0.29) is 15.5 Å². The minimum Gasteiger partial charge on any atom is -0.348 e. The van der Waals surface area contributed by atoms with Crippen LogP contribution in [-0.4, -0.2) is 35.5 Å². The molecule has 26 heavy (non-hydrogen) atoms. The van der Waals surface area contributed by atoms with E-state index in [4.69, 9.17) is 11.6 Å². The van der Waals surface area contributed by atoms with E-state index in [2.05, 4.69) is 24.1 Å². The average Bonchev–Trinajstić information content (AvgIpc) is 2.60. The van der Waals surface area contributed by atoms with E-state index >= 15 is 0 Å². The van der Waals surface area contributed by atoms with E-state index in [1.54, 1.807) is 0 Å². The summed E-state index contributed by atoms with van der Waals surface area (Å²) in [6.07, 6.45) is 0. The number of benzene rings is 2. The molecular weight excluding hydrogens is 374 g/mol. The number of halogens is 1. The molecule has 0 fully saturated rings. The number of quaternary nitrogens is 1. The molecule has 0 heterocycles. The number of rotatable bonds is 7. The van der Waals surface area contributed by atoms with Crippen LogP contribution in [0.15, 0.2) is 47.4 Å². The van der Waals surface area contributed by atoms with Crippen molar-refractivity contribution in [2.24, 2.45) is 0 Å². The van der Waals surface area contributed by atoms with Crippen LogP contribution in [0.1, 0.15) is 21.5 Å². The fraction of sp³-hybridized carbons (Fsp3) is 0.278. The van der Waals surface area contributed by atoms with Crippen LogP contribution in [0.2, 0.25) is 5.02 Å². The Morgan fingerprint density at radius 3 is 2.27 bits per heavy atom. The molecule has 3 N–H and O–H groups in total. The van der Waals surface area contributed by atoms with Gasteiger partial charge in [0.1, 0.15) is 6.54 Å². The van der Waals surface area contributed by atoms with Crippen LogP contribution in [0.25, 0.3) is 0 Å². The Morgan fingerprint density at radius 2 is 1.69 bits per heavy atom. The Morgan fingerprint density at radius 1 is 1.08 bits per heavy atom. The quantitative estimate of drug-likeness (QED) is 0.648. The van der Waals surface area contributed by atoms with Crippen LogP contribution in [0.5, 0.6) is 0 Å². The first kappa shape index (κ1) is 20.4. The molecule has 140 valence electrons. The lowest BCUT2D eigenvalue weighted by atomic mass is 10.1. The lowest BCUT2D eigenvalue weighted by Crippen LogP contribution is -3.04. The molecule has 0 atom stereocenters. The van der Waals surface area contributed by atoms with Gasteiger partial charge in [-0.25, -0.2) is 13.1 Å². The van der Waals surface area contributed by atoms with E-state index in [0.29, 0.717) is 6.54 Å². The van der Waals surface area contributed by atoms with Crippen LogP contribution in [0.3, 0.4) is 0 Å². The van der Waals surface area contributed by atoms with Gasteiger partial charge in [0.05, 0.1) is 29.6 Å². The van der Waals surface area contributed by atoms with E-state index in [9.17, 15) is 13.2 Å². The molecule has 0 unspecified atom stereocenters. The summed E-state index contributed by atoms with van der Waals surface area (Å²) in [6, 6.07) is 12.0. The molecule has 2 aromatic rings. The van der Waals surface area contributed by atoms with E-state index < -0.39 is 15.9 Å². The molecular formula is C18H23ClN3O3S+. The first-order chi connectivity index (χ1) is 12.2. The van der Waals surface area contributed by atoms with Gasteiger partial charge in [-0.2, -0.15) is 0 Å². The molecule has 1 amide bonds. The maximum atomic E-state index is 12.4. The second kappa shape index (κ2) is 8.64. The summed E-state index contributed by atoms with van der Waals surface area (Å²) in [5.41, 5.74) is 2.29. The third-order valence-electron chi connectivity index (χ3n) is 3.80. The summed E-state index contributed by atoms with van der Waals surface area (Å²) in [4.78, 5) is 13.7. The standard InChI is InChI=1S/C18H22ClN3O3S/c1-20-26(24,25)15-8-9-17(19)16(10-15)18(23)21-11-13-4-6-14(7-5-13)12-22(2)3/h4-10,20H,11-12H2,1-3H3,(H,21,23)/p+1. The summed E-state index contributed by atoms with van der Waals surface area (Å²) in [5, 5.41) is 2.97. The van der Waals surface area contributed by atoms with Gasteiger partial charge >= 0.3 is 0 Å². The highest BCUT2D eigenvalue weighted by atomic mass is 35.5. The van der Waals surface area contributed by atoms with Crippen molar-refractivity contribution in [2.45, 2.75) is 18.0 Å². The summed E-state index contributed by atoms with van der Waals surface area (Å²) in [7, 11) is 1.83. The predicted molar refractivity (Wildman–Crippen MR) is 102 cm³/mol. The number of amides is 1. The normalized spacial score (nSPS) is 11.6. The van der Waals surface area contributed by atoms with Crippen molar-refractivity contribution in [2.75, 3.05) is 21.1 Å². The summed E-state index contributed by atoms with van der Waals surface area (Å²) < 4.78 is 26.0. The predicted octanol–water partition coefficient (Wildman–Crippen LogP) is 0.823. The topological polar surface area (TPSA) is 79.7 Å². The van der Waals surface area contributed by atoms with Crippen LogP contribution in [0.4, 0.5) is 0 Å². The van der Waals surface area contributed by atoms with Crippen molar-refractivity contribution >= 4 is 27.5 Å². The minimum atomic E-state index is -3.64. The van der Waals surface area contributed by atoms with Gasteiger partial charge in [-0.3, -0.25) is 4.79 Å². The molecule has 6 nitrogen and oxygen atoms in total. The Labute approximate surface area is 159 Å². The number of nitrogens with one attached hydrogen (secondary N) is 3. The molecule has 0 aliphatic heterocycles. The average molecular weight is 397 g/mol. The van der Waals surface area contributed by atoms with Crippen LogP contribution in [0, 0.1) is 0 Å². The Kier molecular flexibility index (Phi) is 6.77. The molecule has 0 aliphatic rings. The first-order valence-corrected chi connectivity index (χ1v) is 9.97. The zero-order valence-electron chi connectivity index (χ0n) is 15.0. The molecule has 0 aliphatic carbocycles. The second-order valence-electron chi connectivity index (χ2n) is 6.23. The van der Waals surface area contributed by atoms with Gasteiger partial charge in [-0.1, -0.05) is 35.9 Å². The molecule has 0 saturated carbocycles. The molecule has 2 rings (SSSR count). The largest absolute Gasteiger partial charge is 0.348 e. The van der Waals surface area contributed by atoms with Crippen molar-refractivity contribution in [1.29, 1.82) is 0 Å². The fourth-order valence-electron chi connectivity index (χ4n) is 2.42. The van der Waals surface area contributed by atoms with Gasteiger partial charge < -0.3 is 10.2 Å². The van der Waals surface area contributed by atoms with Gasteiger partial charge in [-0.05, 0) is 30.8 Å². The lowest BCUT2D eigenvalue weighted by Gasteiger charge is -2.10. The van der Waals surface area contributed by atoms with E-state index in [0.717, 1.165) is 12.1 Å². The molecule has 0 radical (unpaired) electrons. The molecule has 8 heteroatoms. The third-order valence-corrected chi connectivity index (χ3v) is 5.54. The van der Waals surface area contributed by atoms with Crippen molar-refractivity contribution < 1.29 is 18.1 Å². The summed E-state index contributed by atoms with van der Waals surface area (Å²) >= 11 is 6.06. The van der Waals surface area contributed by atoms with Crippen LogP contribution < -0.4 is 14.9 Å². The molecule has 0 aromatic heterocycles. The Balaban J connectivity index is 2.09. The fourth-order valence-corrected chi connectivity index (χ4v) is 3.38. The monoisotopic (exact) mass is 396 g/mol. The third kappa shape index (κ3) is 5.28. The highest BCUT2D eigenvalue weighted by molar-refractivity contribution is 7.89. The molecule has 2 aromatic carbocycles. The summed E-state index contributed by atoms with van der Waals surface area (Å²) in [6.45, 7) is 1.25. The van der Waals surface area contributed by atoms with E-state index in [1.165, 1.54) is 35.7 Å². The number of carbonyl (C=O) groups excluding carboxylic acids is 1. The second-order valence-corrected chi connectivity index (χ2v) is 8.53. The number of carbonyl (C=O) groups is 1. The summed E-state index contributed by atoms with van der Waals surface area (Å²) in [5.74, 6) is -0.426. The van der Waals surface area contributed by atoms with Crippen molar-refractivity contribution in [3.63, 3.8) is 0 Å². The zero-order valence-corrected chi connectivity index (χ0v) is 16.5. The van der Waals surface area contributed by atoms with Gasteiger partial charge in [-0.15, -0.1) is 0 Å². The van der Waals surface area contributed by atoms with Gasteiger partial charge in [0.25, 0.3) is 5.91 Å². The Hall–Kier alpha value is -1.93. The van der Waals surface area contributed by atoms with Crippen LogP contribution in [-0.2, 0) is 23.1 Å². The van der Waals surface area contributed by atoms with Crippen molar-refractivity contribution in [3.05, 3.63) is 64.2 Å². The minimum absolute atomic E-state index is 0.00918. The maximum Gasteiger partial charge on any atom is 0.253 e. The van der Waals surface area contributed by atoms with Crippen molar-refractivity contribution in [1.82, 2.24) is 10.0 Å². The van der Waals surface area contributed by atoms with Gasteiger partial charge in [0.15, 0.2) is 0 Å². The Bertz CT molecular complexity index is 881. The number of sulfonamides is 1. The van der Waals surface area contributed by atoms with Crippen molar-refractivity contribution in [3.8, 4) is 0 Å². The maximum absolute atomic E-state index is 12.4. The lowest BCUT2D eigenvalue weighted by molar-refractivity contribution is -0.872. The zero-order chi connectivity index (χ0) is 19.3. The molecule has 0 spiro atoms. The number of hydrogen-bond donors (Lipinski definition) is 3. The van der Waals surface area contributed by atoms with Crippen LogP contribution >= 0.6 is 11.6 Å². The highest BCUT2D eigenvalue weighted by Gasteiger charge is 2.17. The van der Waals surface area contributed by atoms with Gasteiger partial charge in [0, 0.05) is 12.1 Å². The molecule has 0 bridgehead atoms. The molecule has 0 saturated heterocycles. The smallest absolute Gasteiger partial charge is 0.253 e. The SMILES string of the molecule is CNS(=O)(=O)c1ccc(Cl)c(C(=O)NCc2ccc(C[NH+](C)C)cc2)c1. The van der Waals surface area contributed by atoms with E-state index in [1.807, 2.05) is 24.3 Å². The number of hydrogen-bond acceptors (Lipinski definition) is 3. The first-order valence-electron chi connectivity index (χ1n) is 8.11. The van der Waals surface area contributed by atoms with Gasteiger partial charge in [0.2, 0.25) is 10.0 Å². The highest BCUT2D eigenvalue weighted by Crippen LogP contribution is 2.20.